The molecule has 0 spiro atoms. The lowest BCUT2D eigenvalue weighted by atomic mass is 10.3. The summed E-state index contributed by atoms with van der Waals surface area (Å²) in [6.45, 7) is 3.73. The van der Waals surface area contributed by atoms with Crippen LogP contribution in [0.1, 0.15) is 30.7 Å². The zero-order chi connectivity index (χ0) is 17.3. The van der Waals surface area contributed by atoms with Crippen molar-refractivity contribution in [2.75, 3.05) is 10.6 Å². The van der Waals surface area contributed by atoms with Gasteiger partial charge in [0, 0.05) is 18.0 Å². The maximum absolute atomic E-state index is 12.4. The van der Waals surface area contributed by atoms with E-state index in [-0.39, 0.29) is 17.5 Å². The molecule has 3 aromatic rings. The highest BCUT2D eigenvalue weighted by Gasteiger charge is 2.18. The molecule has 0 saturated heterocycles. The first-order chi connectivity index (χ1) is 11.5. The second kappa shape index (κ2) is 6.54. The number of aromatic nitrogens is 3. The first-order valence-electron chi connectivity index (χ1n) is 7.09. The number of nitrogens with one attached hydrogen (secondary N) is 2. The van der Waals surface area contributed by atoms with Crippen LogP contribution >= 0.6 is 22.9 Å². The van der Waals surface area contributed by atoms with E-state index in [4.69, 9.17) is 0 Å². The topological polar surface area (TPSA) is 88.9 Å². The molecule has 0 saturated carbocycles. The van der Waals surface area contributed by atoms with E-state index in [1.165, 1.54) is 27.6 Å². The predicted octanol–water partition coefficient (Wildman–Crippen LogP) is 3.06. The Kier molecular flexibility index (Phi) is 4.45. The Bertz CT molecular complexity index is 876. The summed E-state index contributed by atoms with van der Waals surface area (Å²) in [6, 6.07) is 5.09. The molecule has 0 radical (unpaired) electrons. The van der Waals surface area contributed by atoms with Crippen molar-refractivity contribution in [3.63, 3.8) is 0 Å². The van der Waals surface area contributed by atoms with Crippen molar-refractivity contribution in [2.45, 2.75) is 13.8 Å². The Morgan fingerprint density at radius 3 is 2.62 bits per heavy atom. The summed E-state index contributed by atoms with van der Waals surface area (Å²) < 4.78 is 5.66. The third-order valence-electron chi connectivity index (χ3n) is 3.37. The third kappa shape index (κ3) is 3.22. The van der Waals surface area contributed by atoms with Crippen LogP contribution in [-0.4, -0.2) is 26.0 Å². The lowest BCUT2D eigenvalue weighted by molar-refractivity contribution is 0.101. The Labute approximate surface area is 146 Å². The van der Waals surface area contributed by atoms with Gasteiger partial charge in [-0.3, -0.25) is 14.3 Å². The van der Waals surface area contributed by atoms with Crippen molar-refractivity contribution in [3.8, 4) is 0 Å². The molecule has 124 valence electrons. The molecule has 2 amide bonds. The van der Waals surface area contributed by atoms with Gasteiger partial charge in [-0.1, -0.05) is 6.07 Å². The zero-order valence-corrected chi connectivity index (χ0v) is 14.9. The first kappa shape index (κ1) is 16.3. The highest BCUT2D eigenvalue weighted by Crippen LogP contribution is 2.24. The van der Waals surface area contributed by atoms with E-state index in [2.05, 4.69) is 20.1 Å². The monoisotopic (exact) mass is 361 g/mol. The average Bonchev–Trinajstić information content (AvgIpc) is 3.26. The minimum absolute atomic E-state index is 0.226. The second-order valence-corrected chi connectivity index (χ2v) is 7.05. The van der Waals surface area contributed by atoms with Gasteiger partial charge in [0.25, 0.3) is 11.8 Å². The van der Waals surface area contributed by atoms with Crippen LogP contribution in [0.2, 0.25) is 0 Å². The number of anilines is 2. The van der Waals surface area contributed by atoms with Crippen LogP contribution in [0.4, 0.5) is 11.5 Å². The number of hydrogen-bond acceptors (Lipinski definition) is 6. The molecule has 3 rings (SSSR count). The van der Waals surface area contributed by atoms with Crippen LogP contribution in [0.3, 0.4) is 0 Å². The molecule has 0 bridgehead atoms. The van der Waals surface area contributed by atoms with E-state index < -0.39 is 0 Å². The SMILES string of the molecule is Cc1nsc(C)c1NC(=O)c1cc(NC(=O)c2cccs2)n(C)n1. The molecule has 0 aliphatic heterocycles. The number of aryl methyl sites for hydroxylation is 3. The van der Waals surface area contributed by atoms with Gasteiger partial charge in [0.15, 0.2) is 5.69 Å². The summed E-state index contributed by atoms with van der Waals surface area (Å²) >= 11 is 2.69. The van der Waals surface area contributed by atoms with Crippen molar-refractivity contribution in [2.24, 2.45) is 7.05 Å². The van der Waals surface area contributed by atoms with Crippen molar-refractivity contribution in [1.82, 2.24) is 14.2 Å². The number of carbonyl (C=O) groups excluding carboxylic acids is 2. The molecule has 0 aliphatic carbocycles. The summed E-state index contributed by atoms with van der Waals surface area (Å²) in [5.74, 6) is -0.113. The Balaban J connectivity index is 1.76. The molecule has 2 N–H and O–H groups in total. The van der Waals surface area contributed by atoms with Crippen molar-refractivity contribution >= 4 is 46.2 Å². The van der Waals surface area contributed by atoms with Crippen LogP contribution in [0.25, 0.3) is 0 Å². The van der Waals surface area contributed by atoms with E-state index in [9.17, 15) is 9.59 Å². The molecule has 7 nitrogen and oxygen atoms in total. The van der Waals surface area contributed by atoms with E-state index in [1.807, 2.05) is 19.2 Å². The van der Waals surface area contributed by atoms with E-state index in [0.717, 1.165) is 10.6 Å². The fourth-order valence-corrected chi connectivity index (χ4v) is 3.39. The van der Waals surface area contributed by atoms with Crippen LogP contribution in [-0.2, 0) is 7.05 Å². The van der Waals surface area contributed by atoms with Crippen molar-refractivity contribution < 1.29 is 9.59 Å². The van der Waals surface area contributed by atoms with Crippen molar-refractivity contribution in [1.29, 1.82) is 0 Å². The van der Waals surface area contributed by atoms with Gasteiger partial charge in [-0.15, -0.1) is 11.3 Å². The summed E-state index contributed by atoms with van der Waals surface area (Å²) in [6.07, 6.45) is 0. The predicted molar refractivity (Wildman–Crippen MR) is 95.0 cm³/mol. The lowest BCUT2D eigenvalue weighted by Gasteiger charge is -2.02. The highest BCUT2D eigenvalue weighted by atomic mass is 32.1. The Morgan fingerprint density at radius 2 is 2.00 bits per heavy atom. The summed E-state index contributed by atoms with van der Waals surface area (Å²) in [7, 11) is 1.67. The molecule has 24 heavy (non-hydrogen) atoms. The molecule has 3 aromatic heterocycles. The molecule has 0 fully saturated rings. The van der Waals surface area contributed by atoms with Crippen LogP contribution in [0, 0.1) is 13.8 Å². The normalized spacial score (nSPS) is 10.6. The average molecular weight is 361 g/mol. The van der Waals surface area contributed by atoms with Gasteiger partial charge < -0.3 is 10.6 Å². The van der Waals surface area contributed by atoms with Gasteiger partial charge >= 0.3 is 0 Å². The minimum Gasteiger partial charge on any atom is -0.318 e. The number of thiophene rings is 1. The quantitative estimate of drug-likeness (QED) is 0.747. The van der Waals surface area contributed by atoms with Crippen LogP contribution in [0.15, 0.2) is 23.6 Å². The number of amides is 2. The molecule has 0 aromatic carbocycles. The van der Waals surface area contributed by atoms with Gasteiger partial charge in [0.2, 0.25) is 0 Å². The number of hydrogen-bond donors (Lipinski definition) is 2. The van der Waals surface area contributed by atoms with Gasteiger partial charge in [-0.25, -0.2) is 0 Å². The highest BCUT2D eigenvalue weighted by molar-refractivity contribution is 7.12. The van der Waals surface area contributed by atoms with Gasteiger partial charge in [-0.05, 0) is 36.8 Å². The van der Waals surface area contributed by atoms with E-state index >= 15 is 0 Å². The Hall–Kier alpha value is -2.52. The van der Waals surface area contributed by atoms with E-state index in [0.29, 0.717) is 16.4 Å². The van der Waals surface area contributed by atoms with Gasteiger partial charge in [0.1, 0.15) is 5.82 Å². The van der Waals surface area contributed by atoms with Crippen LogP contribution < -0.4 is 10.6 Å². The fraction of sp³-hybridized carbons (Fsp3) is 0.200. The minimum atomic E-state index is -0.339. The summed E-state index contributed by atoms with van der Waals surface area (Å²) in [4.78, 5) is 26.0. The van der Waals surface area contributed by atoms with Crippen LogP contribution in [0.5, 0.6) is 0 Å². The lowest BCUT2D eigenvalue weighted by Crippen LogP contribution is -2.14. The van der Waals surface area contributed by atoms with E-state index in [1.54, 1.807) is 25.2 Å². The molecule has 9 heteroatoms. The smallest absolute Gasteiger partial charge is 0.276 e. The maximum Gasteiger partial charge on any atom is 0.276 e. The second-order valence-electron chi connectivity index (χ2n) is 5.12. The van der Waals surface area contributed by atoms with Gasteiger partial charge in [0.05, 0.1) is 16.3 Å². The molecule has 0 atom stereocenters. The number of carbonyl (C=O) groups is 2. The molecular formula is C15H15N5O2S2. The molecule has 0 aliphatic rings. The summed E-state index contributed by atoms with van der Waals surface area (Å²) in [5, 5.41) is 11.6. The fourth-order valence-electron chi connectivity index (χ4n) is 2.12. The number of nitrogens with zero attached hydrogens (tertiary/aromatic N) is 3. The standard InChI is InChI=1S/C15H15N5O2S2/c1-8-13(9(2)24-19-8)17-14(21)10-7-12(20(3)18-10)16-15(22)11-5-4-6-23-11/h4-7H,1-3H3,(H,16,22)(H,17,21). The van der Waals surface area contributed by atoms with Gasteiger partial charge in [-0.2, -0.15) is 9.47 Å². The summed E-state index contributed by atoms with van der Waals surface area (Å²) in [5.41, 5.74) is 1.71. The third-order valence-corrected chi connectivity index (χ3v) is 5.08. The van der Waals surface area contributed by atoms with Crippen molar-refractivity contribution in [3.05, 3.63) is 44.7 Å². The molecule has 3 heterocycles. The first-order valence-corrected chi connectivity index (χ1v) is 8.74. The number of rotatable bonds is 4. The largest absolute Gasteiger partial charge is 0.318 e. The zero-order valence-electron chi connectivity index (χ0n) is 13.3. The maximum atomic E-state index is 12.4. The molecular weight excluding hydrogens is 346 g/mol. The Morgan fingerprint density at radius 1 is 1.21 bits per heavy atom. The molecule has 0 unspecified atom stereocenters.